The van der Waals surface area contributed by atoms with Crippen molar-refractivity contribution in [3.8, 4) is 0 Å². The zero-order valence-electron chi connectivity index (χ0n) is 10.4. The van der Waals surface area contributed by atoms with Crippen molar-refractivity contribution in [2.24, 2.45) is 10.9 Å². The van der Waals surface area contributed by atoms with Crippen molar-refractivity contribution in [3.05, 3.63) is 22.3 Å². The van der Waals surface area contributed by atoms with E-state index in [0.717, 1.165) is 36.3 Å². The van der Waals surface area contributed by atoms with Crippen LogP contribution in [0.5, 0.6) is 0 Å². The molecule has 0 radical (unpaired) electrons. The van der Waals surface area contributed by atoms with Crippen molar-refractivity contribution in [1.82, 2.24) is 0 Å². The van der Waals surface area contributed by atoms with E-state index in [1.54, 1.807) is 11.8 Å². The monoisotopic (exact) mass is 301 g/mol. The molecular weight excluding hydrogens is 285 g/mol. The highest BCUT2D eigenvalue weighted by molar-refractivity contribution is 8.04. The molecule has 0 saturated heterocycles. The molecule has 0 spiro atoms. The lowest BCUT2D eigenvalue weighted by Crippen LogP contribution is -2.23. The van der Waals surface area contributed by atoms with Crippen LogP contribution in [0.3, 0.4) is 0 Å². The van der Waals surface area contributed by atoms with Gasteiger partial charge in [0.05, 0.1) is 16.5 Å². The Morgan fingerprint density at radius 2 is 2.37 bits per heavy atom. The maximum absolute atomic E-state index is 10.9. The molecule has 0 aromatic rings. The SMILES string of the molecule is O=P(O)(O)COC1=C2SCN=C2C2=CCCCC2C1. The van der Waals surface area contributed by atoms with Crippen molar-refractivity contribution in [3.63, 3.8) is 0 Å². The second kappa shape index (κ2) is 5.09. The van der Waals surface area contributed by atoms with Crippen LogP contribution in [0.2, 0.25) is 0 Å². The Morgan fingerprint density at radius 1 is 1.53 bits per heavy atom. The maximum atomic E-state index is 10.9. The number of aliphatic imine (C=N–C) groups is 1. The molecule has 0 bridgehead atoms. The highest BCUT2D eigenvalue weighted by atomic mass is 32.2. The molecular formula is C12H16NO4PS. The molecule has 104 valence electrons. The minimum absolute atomic E-state index is 0.404. The fourth-order valence-corrected chi connectivity index (χ4v) is 4.05. The standard InChI is InChI=1S/C12H16NO4PS/c14-18(15,16)7-17-10-5-8-3-1-2-4-9(8)11-12(10)19-6-13-11/h4,8H,1-3,5-7H2,(H2,14,15,16). The summed E-state index contributed by atoms with van der Waals surface area (Å²) in [5.41, 5.74) is 2.32. The topological polar surface area (TPSA) is 79.1 Å². The van der Waals surface area contributed by atoms with Gasteiger partial charge in [-0.1, -0.05) is 17.8 Å². The van der Waals surface area contributed by atoms with Gasteiger partial charge in [-0.3, -0.25) is 9.56 Å². The Hall–Kier alpha value is -0.550. The van der Waals surface area contributed by atoms with Crippen molar-refractivity contribution in [2.75, 3.05) is 12.2 Å². The van der Waals surface area contributed by atoms with E-state index in [1.807, 2.05) is 0 Å². The fourth-order valence-electron chi connectivity index (χ4n) is 2.79. The number of ether oxygens (including phenoxy) is 1. The molecule has 0 aromatic heterocycles. The average molecular weight is 301 g/mol. The molecule has 0 aromatic carbocycles. The Kier molecular flexibility index (Phi) is 3.60. The number of nitrogens with zero attached hydrogens (tertiary/aromatic N) is 1. The van der Waals surface area contributed by atoms with E-state index in [-0.39, 0.29) is 0 Å². The van der Waals surface area contributed by atoms with Crippen LogP contribution in [0.4, 0.5) is 0 Å². The third-order valence-corrected chi connectivity index (χ3v) is 5.01. The Balaban J connectivity index is 1.87. The number of allylic oxidation sites excluding steroid dienone is 4. The Labute approximate surface area is 116 Å². The minimum Gasteiger partial charge on any atom is -0.484 e. The normalized spacial score (nSPS) is 26.5. The van der Waals surface area contributed by atoms with Crippen LogP contribution in [0.15, 0.2) is 27.3 Å². The van der Waals surface area contributed by atoms with E-state index in [0.29, 0.717) is 17.6 Å². The van der Waals surface area contributed by atoms with Gasteiger partial charge in [-0.25, -0.2) is 0 Å². The molecule has 1 unspecified atom stereocenters. The lowest BCUT2D eigenvalue weighted by Gasteiger charge is -2.31. The van der Waals surface area contributed by atoms with Crippen LogP contribution in [-0.2, 0) is 9.30 Å². The van der Waals surface area contributed by atoms with Crippen LogP contribution >= 0.6 is 19.4 Å². The van der Waals surface area contributed by atoms with Gasteiger partial charge in [-0.05, 0) is 30.8 Å². The summed E-state index contributed by atoms with van der Waals surface area (Å²) >= 11 is 1.60. The van der Waals surface area contributed by atoms with Gasteiger partial charge < -0.3 is 14.5 Å². The molecule has 1 atom stereocenters. The summed E-state index contributed by atoms with van der Waals surface area (Å²) in [6.07, 6.45) is 5.83. The van der Waals surface area contributed by atoms with Gasteiger partial charge in [-0.15, -0.1) is 0 Å². The predicted octanol–water partition coefficient (Wildman–Crippen LogP) is 2.63. The highest BCUT2D eigenvalue weighted by Crippen LogP contribution is 2.46. The molecule has 2 N–H and O–H groups in total. The molecule has 19 heavy (non-hydrogen) atoms. The van der Waals surface area contributed by atoms with Crippen LogP contribution in [0.25, 0.3) is 0 Å². The molecule has 0 fully saturated rings. The Morgan fingerprint density at radius 3 is 3.16 bits per heavy atom. The van der Waals surface area contributed by atoms with E-state index < -0.39 is 13.9 Å². The third kappa shape index (κ3) is 2.82. The third-order valence-electron chi connectivity index (χ3n) is 3.57. The summed E-state index contributed by atoms with van der Waals surface area (Å²) < 4.78 is 16.3. The van der Waals surface area contributed by atoms with E-state index in [1.165, 1.54) is 5.57 Å². The number of hydrogen-bond acceptors (Lipinski definition) is 4. The number of hydrogen-bond donors (Lipinski definition) is 2. The summed E-state index contributed by atoms with van der Waals surface area (Å²) in [4.78, 5) is 23.4. The van der Waals surface area contributed by atoms with Gasteiger partial charge >= 0.3 is 7.60 Å². The van der Waals surface area contributed by atoms with Crippen LogP contribution in [0, 0.1) is 5.92 Å². The summed E-state index contributed by atoms with van der Waals surface area (Å²) in [6.45, 7) is 0. The van der Waals surface area contributed by atoms with E-state index in [9.17, 15) is 4.57 Å². The molecule has 1 aliphatic heterocycles. The second-order valence-corrected chi connectivity index (χ2v) is 7.50. The van der Waals surface area contributed by atoms with Gasteiger partial charge in [0.15, 0.2) is 6.35 Å². The van der Waals surface area contributed by atoms with Crippen molar-refractivity contribution in [2.45, 2.75) is 25.7 Å². The van der Waals surface area contributed by atoms with Gasteiger partial charge in [0.2, 0.25) is 0 Å². The average Bonchev–Trinajstić information content (AvgIpc) is 2.84. The smallest absolute Gasteiger partial charge is 0.362 e. The van der Waals surface area contributed by atoms with Crippen molar-refractivity contribution in [1.29, 1.82) is 0 Å². The quantitative estimate of drug-likeness (QED) is 0.783. The predicted molar refractivity (Wildman–Crippen MR) is 75.0 cm³/mol. The van der Waals surface area contributed by atoms with Crippen molar-refractivity contribution >= 4 is 25.1 Å². The first kappa shape index (κ1) is 13.4. The summed E-state index contributed by atoms with van der Waals surface area (Å²) in [7, 11) is -4.13. The highest BCUT2D eigenvalue weighted by Gasteiger charge is 2.35. The van der Waals surface area contributed by atoms with Crippen LogP contribution < -0.4 is 0 Å². The molecule has 1 heterocycles. The largest absolute Gasteiger partial charge is 0.484 e. The van der Waals surface area contributed by atoms with Crippen LogP contribution in [-0.4, -0.2) is 27.7 Å². The zero-order valence-corrected chi connectivity index (χ0v) is 12.1. The van der Waals surface area contributed by atoms with E-state index in [4.69, 9.17) is 14.5 Å². The zero-order chi connectivity index (χ0) is 13.5. The van der Waals surface area contributed by atoms with Gasteiger partial charge in [0, 0.05) is 6.42 Å². The fraction of sp³-hybridized carbons (Fsp3) is 0.583. The van der Waals surface area contributed by atoms with Crippen molar-refractivity contribution < 1.29 is 19.1 Å². The van der Waals surface area contributed by atoms with Crippen LogP contribution in [0.1, 0.15) is 25.7 Å². The van der Waals surface area contributed by atoms with E-state index in [2.05, 4.69) is 11.1 Å². The second-order valence-electron chi connectivity index (χ2n) is 4.96. The summed E-state index contributed by atoms with van der Waals surface area (Å²) in [6, 6.07) is 0. The molecule has 3 rings (SSSR count). The lowest BCUT2D eigenvalue weighted by atomic mass is 9.79. The lowest BCUT2D eigenvalue weighted by molar-refractivity contribution is 0.209. The summed E-state index contributed by atoms with van der Waals surface area (Å²) in [5, 5.41) is 0. The Bertz CT molecular complexity index is 534. The number of fused-ring (bicyclic) bond motifs is 3. The molecule has 3 aliphatic rings. The van der Waals surface area contributed by atoms with Gasteiger partial charge in [-0.2, -0.15) is 0 Å². The molecule has 2 aliphatic carbocycles. The summed E-state index contributed by atoms with van der Waals surface area (Å²) in [5.74, 6) is 1.80. The van der Waals surface area contributed by atoms with Gasteiger partial charge in [0.1, 0.15) is 5.76 Å². The molecule has 7 heteroatoms. The van der Waals surface area contributed by atoms with Gasteiger partial charge in [0.25, 0.3) is 0 Å². The molecule has 5 nitrogen and oxygen atoms in total. The minimum atomic E-state index is -4.13. The molecule has 0 saturated carbocycles. The molecule has 0 amide bonds. The first-order valence-electron chi connectivity index (χ1n) is 6.33. The van der Waals surface area contributed by atoms with E-state index >= 15 is 0 Å². The number of rotatable bonds is 3. The number of thioether (sulfide) groups is 1. The first-order chi connectivity index (χ1) is 9.04. The first-order valence-corrected chi connectivity index (χ1v) is 9.11. The maximum Gasteiger partial charge on any atom is 0.362 e.